The molecule has 1 aliphatic rings. The lowest BCUT2D eigenvalue weighted by atomic mass is 9.74. The van der Waals surface area contributed by atoms with Crippen LogP contribution >= 0.6 is 0 Å². The Kier molecular flexibility index (Phi) is 6.99. The summed E-state index contributed by atoms with van der Waals surface area (Å²) >= 11 is 0. The van der Waals surface area contributed by atoms with Gasteiger partial charge in [-0.05, 0) is 75.3 Å². The second-order valence-corrected chi connectivity index (χ2v) is 14.6. The van der Waals surface area contributed by atoms with Crippen molar-refractivity contribution in [1.29, 1.82) is 0 Å². The maximum absolute atomic E-state index is 6.46. The minimum Gasteiger partial charge on any atom is -0.455 e. The molecule has 0 aliphatic heterocycles. The molecule has 0 spiro atoms. The Morgan fingerprint density at radius 3 is 1.93 bits per heavy atom. The van der Waals surface area contributed by atoms with Crippen LogP contribution < -0.4 is 0 Å². The number of para-hydroxylation sites is 2. The fourth-order valence-corrected chi connectivity index (χ4v) is 8.84. The van der Waals surface area contributed by atoms with Crippen LogP contribution in [0.3, 0.4) is 0 Å². The predicted molar refractivity (Wildman–Crippen MR) is 226 cm³/mol. The van der Waals surface area contributed by atoms with Gasteiger partial charge in [-0.15, -0.1) is 0 Å². The highest BCUT2D eigenvalue weighted by Crippen LogP contribution is 2.53. The first kappa shape index (κ1) is 31.4. The molecule has 1 atom stereocenters. The SMILES string of the molecule is CC1(c2ccccc2)c2ccccc2-c2ccc(-c3cc(-c4cccc(-c5cccc6c5oc5ccccc56)c4)nc(-c4cccc5ccccc45)n3)cc21. The van der Waals surface area contributed by atoms with Crippen LogP contribution in [-0.2, 0) is 5.41 Å². The maximum Gasteiger partial charge on any atom is 0.161 e. The van der Waals surface area contributed by atoms with Gasteiger partial charge in [-0.25, -0.2) is 9.97 Å². The second kappa shape index (κ2) is 12.2. The molecule has 1 unspecified atom stereocenters. The highest BCUT2D eigenvalue weighted by atomic mass is 16.3. The molecule has 3 heteroatoms. The van der Waals surface area contributed by atoms with Gasteiger partial charge in [0.05, 0.1) is 11.4 Å². The first-order valence-corrected chi connectivity index (χ1v) is 18.8. The summed E-state index contributed by atoms with van der Waals surface area (Å²) in [7, 11) is 0. The van der Waals surface area contributed by atoms with Crippen molar-refractivity contribution in [2.45, 2.75) is 12.3 Å². The summed E-state index contributed by atoms with van der Waals surface area (Å²) < 4.78 is 6.46. The normalized spacial score (nSPS) is 14.7. The standard InChI is InChI=1S/C52H34N2O/c1-52(37-18-3-2-4-19-37)45-26-9-7-21-40(45)41-29-28-36(31-46(41)52)48-32-47(53-51(54-48)44-25-12-15-33-14-5-6-20-38(33)44)35-17-11-16-34(30-35)39-23-13-24-43-42-22-8-10-27-49(42)55-50(39)43/h2-32H,1H3. The molecule has 1 aliphatic carbocycles. The Bertz CT molecular complexity index is 3120. The van der Waals surface area contributed by atoms with Crippen molar-refractivity contribution in [2.75, 3.05) is 0 Å². The van der Waals surface area contributed by atoms with E-state index < -0.39 is 0 Å². The van der Waals surface area contributed by atoms with Gasteiger partial charge >= 0.3 is 0 Å². The third kappa shape index (κ3) is 4.90. The Morgan fingerprint density at radius 1 is 0.418 bits per heavy atom. The van der Waals surface area contributed by atoms with Crippen molar-refractivity contribution in [3.8, 4) is 56.2 Å². The van der Waals surface area contributed by atoms with Crippen LogP contribution in [-0.4, -0.2) is 9.97 Å². The van der Waals surface area contributed by atoms with E-state index >= 15 is 0 Å². The third-order valence-electron chi connectivity index (χ3n) is 11.6. The molecular weight excluding hydrogens is 669 g/mol. The molecule has 2 heterocycles. The molecule has 11 rings (SSSR count). The maximum atomic E-state index is 6.46. The lowest BCUT2D eigenvalue weighted by Gasteiger charge is -2.28. The molecule has 0 saturated carbocycles. The van der Waals surface area contributed by atoms with Crippen LogP contribution in [0.25, 0.3) is 88.9 Å². The van der Waals surface area contributed by atoms with E-state index in [2.05, 4.69) is 183 Å². The number of benzene rings is 8. The van der Waals surface area contributed by atoms with Crippen LogP contribution in [0.1, 0.15) is 23.6 Å². The summed E-state index contributed by atoms with van der Waals surface area (Å²) in [5.41, 5.74) is 14.8. The van der Waals surface area contributed by atoms with Gasteiger partial charge in [-0.3, -0.25) is 0 Å². The fraction of sp³-hybridized carbons (Fsp3) is 0.0385. The van der Waals surface area contributed by atoms with Crippen molar-refractivity contribution in [3.05, 3.63) is 205 Å². The van der Waals surface area contributed by atoms with E-state index in [1.54, 1.807) is 0 Å². The fourth-order valence-electron chi connectivity index (χ4n) is 8.84. The summed E-state index contributed by atoms with van der Waals surface area (Å²) in [6, 6.07) is 66.9. The molecular formula is C52H34N2O. The summed E-state index contributed by atoms with van der Waals surface area (Å²) in [4.78, 5) is 10.7. The molecule has 0 saturated heterocycles. The first-order valence-electron chi connectivity index (χ1n) is 18.8. The minimum absolute atomic E-state index is 0.316. The van der Waals surface area contributed by atoms with Crippen LogP contribution in [0, 0.1) is 0 Å². The number of hydrogen-bond donors (Lipinski definition) is 0. The highest BCUT2D eigenvalue weighted by molar-refractivity contribution is 6.09. The van der Waals surface area contributed by atoms with Gasteiger partial charge in [0, 0.05) is 38.4 Å². The lowest BCUT2D eigenvalue weighted by molar-refractivity contribution is 0.670. The van der Waals surface area contributed by atoms with Crippen molar-refractivity contribution in [2.24, 2.45) is 0 Å². The molecule has 3 nitrogen and oxygen atoms in total. The zero-order valence-electron chi connectivity index (χ0n) is 30.2. The minimum atomic E-state index is -0.316. The largest absolute Gasteiger partial charge is 0.455 e. The van der Waals surface area contributed by atoms with Crippen LogP contribution in [0.2, 0.25) is 0 Å². The second-order valence-electron chi connectivity index (χ2n) is 14.6. The van der Waals surface area contributed by atoms with Gasteiger partial charge in [0.1, 0.15) is 11.2 Å². The van der Waals surface area contributed by atoms with Gasteiger partial charge in [0.25, 0.3) is 0 Å². The number of nitrogens with zero attached hydrogens (tertiary/aromatic N) is 2. The molecule has 0 amide bonds. The molecule has 0 fully saturated rings. The quantitative estimate of drug-likeness (QED) is 0.179. The van der Waals surface area contributed by atoms with Gasteiger partial charge in [-0.1, -0.05) is 164 Å². The van der Waals surface area contributed by atoms with Gasteiger partial charge in [0.15, 0.2) is 5.82 Å². The van der Waals surface area contributed by atoms with Gasteiger partial charge in [-0.2, -0.15) is 0 Å². The smallest absolute Gasteiger partial charge is 0.161 e. The van der Waals surface area contributed by atoms with E-state index in [0.717, 1.165) is 71.9 Å². The zero-order chi connectivity index (χ0) is 36.5. The van der Waals surface area contributed by atoms with E-state index in [1.807, 2.05) is 12.1 Å². The molecule has 55 heavy (non-hydrogen) atoms. The Labute approximate surface area is 319 Å². The summed E-state index contributed by atoms with van der Waals surface area (Å²) in [5.74, 6) is 0.698. The van der Waals surface area contributed by atoms with Gasteiger partial charge < -0.3 is 4.42 Å². The summed E-state index contributed by atoms with van der Waals surface area (Å²) in [5, 5.41) is 4.52. The van der Waals surface area contributed by atoms with Crippen molar-refractivity contribution < 1.29 is 4.42 Å². The molecule has 2 aromatic heterocycles. The van der Waals surface area contributed by atoms with Crippen LogP contribution in [0.15, 0.2) is 192 Å². The zero-order valence-corrected chi connectivity index (χ0v) is 30.2. The molecule has 0 radical (unpaired) electrons. The monoisotopic (exact) mass is 702 g/mol. The number of hydrogen-bond acceptors (Lipinski definition) is 3. The lowest BCUT2D eigenvalue weighted by Crippen LogP contribution is -2.22. The van der Waals surface area contributed by atoms with E-state index in [9.17, 15) is 0 Å². The summed E-state index contributed by atoms with van der Waals surface area (Å²) in [6.45, 7) is 2.36. The number of aromatic nitrogens is 2. The average molecular weight is 703 g/mol. The number of rotatable bonds is 5. The Hall–Kier alpha value is -7.10. The molecule has 8 aromatic carbocycles. The molecule has 10 aromatic rings. The Balaban J connectivity index is 1.11. The van der Waals surface area contributed by atoms with Crippen LogP contribution in [0.5, 0.6) is 0 Å². The van der Waals surface area contributed by atoms with E-state index in [-0.39, 0.29) is 5.41 Å². The van der Waals surface area contributed by atoms with Crippen molar-refractivity contribution in [3.63, 3.8) is 0 Å². The number of furan rings is 1. The van der Waals surface area contributed by atoms with Crippen LogP contribution in [0.4, 0.5) is 0 Å². The van der Waals surface area contributed by atoms with E-state index in [4.69, 9.17) is 14.4 Å². The average Bonchev–Trinajstić information content (AvgIpc) is 3.77. The first-order chi connectivity index (χ1) is 27.1. The molecule has 258 valence electrons. The molecule has 0 N–H and O–H groups in total. The number of fused-ring (bicyclic) bond motifs is 7. The van der Waals surface area contributed by atoms with Crippen molar-refractivity contribution in [1.82, 2.24) is 9.97 Å². The highest BCUT2D eigenvalue weighted by Gasteiger charge is 2.40. The summed E-state index contributed by atoms with van der Waals surface area (Å²) in [6.07, 6.45) is 0. The van der Waals surface area contributed by atoms with Crippen molar-refractivity contribution >= 4 is 32.7 Å². The predicted octanol–water partition coefficient (Wildman–Crippen LogP) is 13.5. The third-order valence-corrected chi connectivity index (χ3v) is 11.6. The van der Waals surface area contributed by atoms with E-state index in [0.29, 0.717) is 5.82 Å². The molecule has 0 bridgehead atoms. The van der Waals surface area contributed by atoms with E-state index in [1.165, 1.54) is 27.8 Å². The topological polar surface area (TPSA) is 38.9 Å². The van der Waals surface area contributed by atoms with Gasteiger partial charge in [0.2, 0.25) is 0 Å². The Morgan fingerprint density at radius 2 is 1.04 bits per heavy atom.